The lowest BCUT2D eigenvalue weighted by atomic mass is 9.88. The Bertz CT molecular complexity index is 1060. The molecule has 2 amide bonds. The van der Waals surface area contributed by atoms with E-state index in [0.717, 1.165) is 18.8 Å². The van der Waals surface area contributed by atoms with Crippen LogP contribution >= 0.6 is 11.8 Å². The Hall–Kier alpha value is -2.83. The van der Waals surface area contributed by atoms with E-state index in [-0.39, 0.29) is 36.3 Å². The predicted octanol–water partition coefficient (Wildman–Crippen LogP) is 1.84. The van der Waals surface area contributed by atoms with E-state index in [4.69, 9.17) is 0 Å². The summed E-state index contributed by atoms with van der Waals surface area (Å²) in [6, 6.07) is 9.18. The third-order valence-electron chi connectivity index (χ3n) is 6.27. The highest BCUT2D eigenvalue weighted by Gasteiger charge is 2.31. The summed E-state index contributed by atoms with van der Waals surface area (Å²) in [7, 11) is 0. The third-order valence-corrected chi connectivity index (χ3v) is 7.28. The molecule has 2 saturated heterocycles. The number of rotatable bonds is 4. The molecule has 2 N–H and O–H groups in total. The SMILES string of the molecule is C[C@@H]1CN(c2ccc3nccc(C(=O)NCC(=O)N4CSC[C@H]4C#N)c3c2)C[C@H](C)C1O. The number of carbonyl (C=O) groups excluding carboxylic acids is 2. The van der Waals surface area contributed by atoms with Gasteiger partial charge in [-0.2, -0.15) is 5.26 Å². The van der Waals surface area contributed by atoms with Gasteiger partial charge in [-0.05, 0) is 36.1 Å². The van der Waals surface area contributed by atoms with Crippen molar-refractivity contribution in [3.05, 3.63) is 36.0 Å². The zero-order chi connectivity index (χ0) is 22.8. The van der Waals surface area contributed by atoms with E-state index in [9.17, 15) is 20.0 Å². The number of nitrogens with one attached hydrogen (secondary N) is 1. The Morgan fingerprint density at radius 2 is 2.03 bits per heavy atom. The molecule has 2 aliphatic rings. The zero-order valence-electron chi connectivity index (χ0n) is 18.2. The number of aromatic nitrogens is 1. The van der Waals surface area contributed by atoms with Crippen molar-refractivity contribution in [1.82, 2.24) is 15.2 Å². The molecule has 1 aromatic heterocycles. The average molecular weight is 454 g/mol. The van der Waals surface area contributed by atoms with Gasteiger partial charge in [0.1, 0.15) is 6.04 Å². The van der Waals surface area contributed by atoms with Crippen LogP contribution in [-0.2, 0) is 4.79 Å². The smallest absolute Gasteiger partial charge is 0.252 e. The minimum Gasteiger partial charge on any atom is -0.392 e. The first kappa shape index (κ1) is 22.4. The number of fused-ring (bicyclic) bond motifs is 1. The fraction of sp³-hybridized carbons (Fsp3) is 0.478. The second-order valence-corrected chi connectivity index (χ2v) is 9.60. The van der Waals surface area contributed by atoms with E-state index in [1.807, 2.05) is 32.0 Å². The molecular weight excluding hydrogens is 426 g/mol. The standard InChI is InChI=1S/C23H27N5O3S/c1-14-10-27(11-15(2)22(14)30)16-3-4-20-19(7-16)18(5-6-25-20)23(31)26-9-21(29)28-13-32-12-17(28)8-24/h3-7,14-15,17,22,30H,9-13H2,1-2H3,(H,26,31)/t14-,15+,17-,22?/m1/s1. The lowest BCUT2D eigenvalue weighted by molar-refractivity contribution is -0.129. The quantitative estimate of drug-likeness (QED) is 0.727. The lowest BCUT2D eigenvalue weighted by Crippen LogP contribution is -2.47. The van der Waals surface area contributed by atoms with Gasteiger partial charge in [0.2, 0.25) is 5.91 Å². The molecule has 3 heterocycles. The Kier molecular flexibility index (Phi) is 6.53. The van der Waals surface area contributed by atoms with E-state index in [1.54, 1.807) is 12.3 Å². The van der Waals surface area contributed by atoms with Crippen molar-refractivity contribution in [1.29, 1.82) is 5.26 Å². The molecule has 0 aliphatic carbocycles. The molecule has 9 heteroatoms. The Morgan fingerprint density at radius 3 is 2.75 bits per heavy atom. The summed E-state index contributed by atoms with van der Waals surface area (Å²) in [5.74, 6) is 0.758. The van der Waals surface area contributed by atoms with Gasteiger partial charge in [0, 0.05) is 36.1 Å². The van der Waals surface area contributed by atoms with E-state index in [1.165, 1.54) is 16.7 Å². The second-order valence-electron chi connectivity index (χ2n) is 8.60. The van der Waals surface area contributed by atoms with Gasteiger partial charge in [-0.15, -0.1) is 11.8 Å². The minimum atomic E-state index is -0.443. The zero-order valence-corrected chi connectivity index (χ0v) is 19.0. The van der Waals surface area contributed by atoms with Crippen LogP contribution < -0.4 is 10.2 Å². The number of anilines is 1. The Morgan fingerprint density at radius 1 is 1.28 bits per heavy atom. The molecule has 32 heavy (non-hydrogen) atoms. The molecule has 0 saturated carbocycles. The summed E-state index contributed by atoms with van der Waals surface area (Å²) < 4.78 is 0. The van der Waals surface area contributed by atoms with Crippen molar-refractivity contribution >= 4 is 40.2 Å². The normalized spacial score (nSPS) is 25.6. The van der Waals surface area contributed by atoms with Crippen LogP contribution in [0.3, 0.4) is 0 Å². The highest BCUT2D eigenvalue weighted by Crippen LogP contribution is 2.30. The van der Waals surface area contributed by atoms with Crippen LogP contribution in [-0.4, -0.2) is 70.2 Å². The van der Waals surface area contributed by atoms with Gasteiger partial charge >= 0.3 is 0 Å². The van der Waals surface area contributed by atoms with Gasteiger partial charge in [0.05, 0.1) is 35.7 Å². The molecule has 8 nitrogen and oxygen atoms in total. The maximum absolute atomic E-state index is 12.9. The molecule has 2 aliphatic heterocycles. The number of nitrogens with zero attached hydrogens (tertiary/aromatic N) is 4. The lowest BCUT2D eigenvalue weighted by Gasteiger charge is -2.40. The summed E-state index contributed by atoms with van der Waals surface area (Å²) in [6.45, 7) is 5.41. The number of nitriles is 1. The number of hydrogen-bond donors (Lipinski definition) is 2. The van der Waals surface area contributed by atoms with Crippen LogP contribution in [0.4, 0.5) is 5.69 Å². The summed E-state index contributed by atoms with van der Waals surface area (Å²) in [4.78, 5) is 33.5. The van der Waals surface area contributed by atoms with Crippen molar-refractivity contribution in [3.63, 3.8) is 0 Å². The first-order valence-electron chi connectivity index (χ1n) is 10.8. The van der Waals surface area contributed by atoms with Gasteiger partial charge in [0.25, 0.3) is 5.91 Å². The fourth-order valence-electron chi connectivity index (χ4n) is 4.43. The maximum Gasteiger partial charge on any atom is 0.252 e. The summed E-state index contributed by atoms with van der Waals surface area (Å²) in [5, 5.41) is 22.9. The molecule has 2 fully saturated rings. The van der Waals surface area contributed by atoms with Gasteiger partial charge in [0.15, 0.2) is 0 Å². The van der Waals surface area contributed by atoms with Crippen molar-refractivity contribution < 1.29 is 14.7 Å². The van der Waals surface area contributed by atoms with Gasteiger partial charge in [-0.1, -0.05) is 13.8 Å². The summed E-state index contributed by atoms with van der Waals surface area (Å²) >= 11 is 1.53. The molecule has 1 unspecified atom stereocenters. The number of hydrogen-bond acceptors (Lipinski definition) is 7. The first-order valence-corrected chi connectivity index (χ1v) is 11.9. The van der Waals surface area contributed by atoms with Crippen LogP contribution in [0.15, 0.2) is 30.5 Å². The van der Waals surface area contributed by atoms with Crippen LogP contribution in [0.5, 0.6) is 0 Å². The van der Waals surface area contributed by atoms with Crippen molar-refractivity contribution in [2.75, 3.05) is 36.2 Å². The fourth-order valence-corrected chi connectivity index (χ4v) is 5.54. The number of amides is 2. The monoisotopic (exact) mass is 453 g/mol. The maximum atomic E-state index is 12.9. The minimum absolute atomic E-state index is 0.151. The van der Waals surface area contributed by atoms with Crippen molar-refractivity contribution in [3.8, 4) is 6.07 Å². The van der Waals surface area contributed by atoms with Crippen LogP contribution in [0, 0.1) is 23.2 Å². The van der Waals surface area contributed by atoms with E-state index in [2.05, 4.69) is 21.3 Å². The number of carbonyl (C=O) groups is 2. The van der Waals surface area contributed by atoms with Crippen molar-refractivity contribution in [2.45, 2.75) is 26.0 Å². The molecule has 0 spiro atoms. The number of pyridine rings is 1. The molecule has 4 atom stereocenters. The predicted molar refractivity (Wildman–Crippen MR) is 124 cm³/mol. The largest absolute Gasteiger partial charge is 0.392 e. The number of thioether (sulfide) groups is 1. The first-order chi connectivity index (χ1) is 15.4. The Balaban J connectivity index is 1.52. The van der Waals surface area contributed by atoms with E-state index in [0.29, 0.717) is 28.1 Å². The number of piperidine rings is 1. The van der Waals surface area contributed by atoms with E-state index >= 15 is 0 Å². The molecule has 0 bridgehead atoms. The highest BCUT2D eigenvalue weighted by atomic mass is 32.2. The number of aliphatic hydroxyl groups excluding tert-OH is 1. The number of aliphatic hydroxyl groups is 1. The summed E-state index contributed by atoms with van der Waals surface area (Å²) in [6.07, 6.45) is 1.27. The van der Waals surface area contributed by atoms with E-state index < -0.39 is 6.04 Å². The number of benzene rings is 1. The molecule has 2 aromatic rings. The van der Waals surface area contributed by atoms with Crippen LogP contribution in [0.25, 0.3) is 10.9 Å². The Labute approximate surface area is 191 Å². The molecule has 1 aromatic carbocycles. The molecular formula is C23H27N5O3S. The van der Waals surface area contributed by atoms with Gasteiger partial charge < -0.3 is 20.2 Å². The van der Waals surface area contributed by atoms with Gasteiger partial charge in [-0.3, -0.25) is 14.6 Å². The molecule has 4 rings (SSSR count). The van der Waals surface area contributed by atoms with Crippen molar-refractivity contribution in [2.24, 2.45) is 11.8 Å². The molecule has 168 valence electrons. The third kappa shape index (κ3) is 4.38. The van der Waals surface area contributed by atoms with Crippen LogP contribution in [0.1, 0.15) is 24.2 Å². The second kappa shape index (κ2) is 9.35. The van der Waals surface area contributed by atoms with Crippen LogP contribution in [0.2, 0.25) is 0 Å². The van der Waals surface area contributed by atoms with Gasteiger partial charge in [-0.25, -0.2) is 0 Å². The topological polar surface area (TPSA) is 110 Å². The highest BCUT2D eigenvalue weighted by molar-refractivity contribution is 7.99. The molecule has 0 radical (unpaired) electrons. The average Bonchev–Trinajstić information content (AvgIpc) is 3.28. The summed E-state index contributed by atoms with van der Waals surface area (Å²) in [5.41, 5.74) is 2.13.